The molecular formula is C4H11N3NaO3. The van der Waals surface area contributed by atoms with Crippen LogP contribution in [0, 0.1) is 5.21 Å². The van der Waals surface area contributed by atoms with Gasteiger partial charge in [0.25, 0.3) is 0 Å². The molecule has 0 aliphatic carbocycles. The predicted molar refractivity (Wildman–Crippen MR) is 37.9 cm³/mol. The van der Waals surface area contributed by atoms with Gasteiger partial charge >= 0.3 is 0 Å². The summed E-state index contributed by atoms with van der Waals surface area (Å²) in [7, 11) is 1.46. The molecule has 11 heavy (non-hydrogen) atoms. The van der Waals surface area contributed by atoms with Crippen LogP contribution in [0.4, 0.5) is 0 Å². The number of nitrogens with zero attached hydrogens (tertiary/aromatic N) is 3. The molecule has 0 fully saturated rings. The summed E-state index contributed by atoms with van der Waals surface area (Å²) >= 11 is 0. The topological polar surface area (TPSA) is 82.1 Å². The third-order valence-electron chi connectivity index (χ3n) is 1.01. The fraction of sp³-hybridized carbons (Fsp3) is 1.00. The van der Waals surface area contributed by atoms with Crippen LogP contribution in [0.25, 0.3) is 0 Å². The maximum absolute atomic E-state index is 10.4. The largest absolute Gasteiger partial charge is 0.569 e. The van der Waals surface area contributed by atoms with E-state index in [9.17, 15) is 5.21 Å². The number of hydrazine groups is 1. The Morgan fingerprint density at radius 1 is 1.64 bits per heavy atom. The fourth-order valence-electron chi connectivity index (χ4n) is 0.453. The molecule has 6 nitrogen and oxygen atoms in total. The van der Waals surface area contributed by atoms with E-state index in [4.69, 9.17) is 10.3 Å². The van der Waals surface area contributed by atoms with Crippen molar-refractivity contribution in [1.82, 2.24) is 5.01 Å². The van der Waals surface area contributed by atoms with Crippen LogP contribution in [0.2, 0.25) is 0 Å². The molecule has 61 valence electrons. The van der Waals surface area contributed by atoms with Gasteiger partial charge in [0, 0.05) is 36.2 Å². The molecule has 0 unspecified atom stereocenters. The summed E-state index contributed by atoms with van der Waals surface area (Å²) in [4.78, 5) is 0.0513. The normalized spacial score (nSPS) is 10.5. The quantitative estimate of drug-likeness (QED) is 0.251. The van der Waals surface area contributed by atoms with E-state index in [1.807, 2.05) is 0 Å². The Balaban J connectivity index is 0. The van der Waals surface area contributed by atoms with Crippen LogP contribution in [0.1, 0.15) is 6.42 Å². The van der Waals surface area contributed by atoms with Gasteiger partial charge in [-0.15, -0.1) is 5.01 Å². The summed E-state index contributed by atoms with van der Waals surface area (Å²) in [5.74, 6) is 0. The van der Waals surface area contributed by atoms with E-state index in [0.29, 0.717) is 13.0 Å². The average molecular weight is 172 g/mol. The van der Waals surface area contributed by atoms with Crippen LogP contribution in [-0.4, -0.2) is 70.0 Å². The van der Waals surface area contributed by atoms with E-state index >= 15 is 0 Å². The Labute approximate surface area is 86.9 Å². The van der Waals surface area contributed by atoms with Crippen molar-refractivity contribution >= 4 is 29.6 Å². The molecule has 0 amide bonds. The smallest absolute Gasteiger partial charge is 0.230 e. The zero-order chi connectivity index (χ0) is 7.98. The average Bonchev–Trinajstić information content (AvgIpc) is 1.98. The monoisotopic (exact) mass is 172 g/mol. The van der Waals surface area contributed by atoms with Crippen molar-refractivity contribution in [3.63, 3.8) is 0 Å². The van der Waals surface area contributed by atoms with Gasteiger partial charge in [0.2, 0.25) is 5.28 Å². The minimum Gasteiger partial charge on any atom is -0.569 e. The van der Waals surface area contributed by atoms with Gasteiger partial charge in [-0.2, -0.15) is 0 Å². The third kappa shape index (κ3) is 6.36. The summed E-state index contributed by atoms with van der Waals surface area (Å²) in [6.45, 7) is 0.383. The van der Waals surface area contributed by atoms with Crippen LogP contribution in [0.3, 0.4) is 0 Å². The second-order valence-corrected chi connectivity index (χ2v) is 1.80. The molecule has 0 rings (SSSR count). The number of aliphatic hydroxyl groups excluding tert-OH is 1. The van der Waals surface area contributed by atoms with Gasteiger partial charge in [0.1, 0.15) is 0 Å². The Hall–Kier alpha value is -0.0400. The van der Waals surface area contributed by atoms with Crippen molar-refractivity contribution in [2.45, 2.75) is 6.42 Å². The summed E-state index contributed by atoms with van der Waals surface area (Å²) in [5, 5.41) is 30.1. The van der Waals surface area contributed by atoms with Gasteiger partial charge in [-0.3, -0.25) is 0 Å². The van der Waals surface area contributed by atoms with Gasteiger partial charge < -0.3 is 15.5 Å². The molecule has 0 aromatic heterocycles. The molecule has 2 N–H and O–H groups in total. The summed E-state index contributed by atoms with van der Waals surface area (Å²) in [6.07, 6.45) is 0.477. The van der Waals surface area contributed by atoms with Crippen molar-refractivity contribution < 1.29 is 15.3 Å². The third-order valence-corrected chi connectivity index (χ3v) is 1.01. The van der Waals surface area contributed by atoms with Crippen LogP contribution in [0.15, 0.2) is 5.28 Å². The van der Waals surface area contributed by atoms with Gasteiger partial charge in [0.15, 0.2) is 0 Å². The molecule has 0 aromatic carbocycles. The zero-order valence-electron chi connectivity index (χ0n) is 6.77. The molecule has 1 radical (unpaired) electrons. The second kappa shape index (κ2) is 8.06. The standard InChI is InChI=1S/C4H11N3O3.Na/c1-6(3-2-4-8)7(10)5-9;/h8-9H,2-4H2,1H3;. The Morgan fingerprint density at radius 2 is 2.18 bits per heavy atom. The summed E-state index contributed by atoms with van der Waals surface area (Å²) < 4.78 is 0. The van der Waals surface area contributed by atoms with E-state index < -0.39 is 0 Å². The van der Waals surface area contributed by atoms with Crippen molar-refractivity contribution in [1.29, 1.82) is 0 Å². The molecule has 0 aliphatic rings. The maximum atomic E-state index is 10.4. The molecule has 0 atom stereocenters. The first kappa shape index (κ1) is 13.5. The summed E-state index contributed by atoms with van der Waals surface area (Å²) in [5.41, 5.74) is 0. The van der Waals surface area contributed by atoms with E-state index in [0.717, 1.165) is 5.01 Å². The van der Waals surface area contributed by atoms with Crippen molar-refractivity contribution in [2.75, 3.05) is 20.2 Å². The minimum atomic E-state index is 0. The first-order valence-electron chi connectivity index (χ1n) is 2.86. The van der Waals surface area contributed by atoms with Crippen LogP contribution >= 0.6 is 0 Å². The number of aliphatic hydroxyl groups is 1. The van der Waals surface area contributed by atoms with Gasteiger partial charge in [-0.05, 0) is 6.42 Å². The molecular weight excluding hydrogens is 161 g/mol. The first-order valence-corrected chi connectivity index (χ1v) is 2.86. The molecule has 0 saturated heterocycles. The van der Waals surface area contributed by atoms with Crippen molar-refractivity contribution in [3.8, 4) is 0 Å². The number of hydrogen-bond acceptors (Lipinski definition) is 3. The molecule has 0 heterocycles. The Bertz CT molecular complexity index is 121. The molecule has 0 aliphatic heterocycles. The van der Waals surface area contributed by atoms with E-state index in [1.54, 1.807) is 0 Å². The SMILES string of the molecule is CN(CCCO)[N+]([O-])=NO.[Na]. The molecule has 0 saturated carbocycles. The van der Waals surface area contributed by atoms with E-state index in [2.05, 4.69) is 5.28 Å². The Kier molecular flexibility index (Phi) is 9.92. The molecule has 0 aromatic rings. The molecule has 0 bridgehead atoms. The number of rotatable bonds is 4. The van der Waals surface area contributed by atoms with Crippen molar-refractivity contribution in [2.24, 2.45) is 5.28 Å². The van der Waals surface area contributed by atoms with Crippen LogP contribution in [-0.2, 0) is 0 Å². The van der Waals surface area contributed by atoms with Gasteiger partial charge in [-0.25, -0.2) is 0 Å². The Morgan fingerprint density at radius 3 is 2.55 bits per heavy atom. The predicted octanol–water partition coefficient (Wildman–Crippen LogP) is -0.814. The summed E-state index contributed by atoms with van der Waals surface area (Å²) in [6, 6.07) is 0. The molecule has 0 spiro atoms. The number of hydrogen-bond donors (Lipinski definition) is 2. The maximum Gasteiger partial charge on any atom is 0.230 e. The van der Waals surface area contributed by atoms with E-state index in [1.165, 1.54) is 7.05 Å². The van der Waals surface area contributed by atoms with Gasteiger partial charge in [0.05, 0.1) is 18.6 Å². The van der Waals surface area contributed by atoms with E-state index in [-0.39, 0.29) is 41.1 Å². The minimum absolute atomic E-state index is 0. The van der Waals surface area contributed by atoms with Gasteiger partial charge in [-0.1, -0.05) is 0 Å². The fourth-order valence-corrected chi connectivity index (χ4v) is 0.453. The van der Waals surface area contributed by atoms with Crippen LogP contribution < -0.4 is 0 Å². The zero-order valence-corrected chi connectivity index (χ0v) is 8.77. The first-order chi connectivity index (χ1) is 4.72. The van der Waals surface area contributed by atoms with Crippen LogP contribution in [0.5, 0.6) is 0 Å². The van der Waals surface area contributed by atoms with Crippen molar-refractivity contribution in [3.05, 3.63) is 5.21 Å². The second-order valence-electron chi connectivity index (χ2n) is 1.80. The molecule has 7 heteroatoms.